The van der Waals surface area contributed by atoms with Gasteiger partial charge in [0.05, 0.1) is 18.4 Å². The maximum Gasteiger partial charge on any atom is 0.247 e. The van der Waals surface area contributed by atoms with Crippen molar-refractivity contribution >= 4 is 52.4 Å². The topological polar surface area (TPSA) is 91.4 Å². The number of halogens is 1. The predicted molar refractivity (Wildman–Crippen MR) is 127 cm³/mol. The number of ether oxygens (including phenoxy) is 1. The molecule has 32 heavy (non-hydrogen) atoms. The summed E-state index contributed by atoms with van der Waals surface area (Å²) in [6, 6.07) is 12.5. The van der Waals surface area contributed by atoms with E-state index in [1.165, 1.54) is 6.08 Å². The second-order valence-corrected chi connectivity index (χ2v) is 7.54. The minimum absolute atomic E-state index is 0.00160. The van der Waals surface area contributed by atoms with Crippen LogP contribution in [0.1, 0.15) is 0 Å². The van der Waals surface area contributed by atoms with E-state index < -0.39 is 5.82 Å². The van der Waals surface area contributed by atoms with Gasteiger partial charge in [-0.05, 0) is 42.5 Å². The van der Waals surface area contributed by atoms with Crippen LogP contribution in [0.25, 0.3) is 0 Å². The van der Waals surface area contributed by atoms with Crippen LogP contribution in [0.4, 0.5) is 38.9 Å². The van der Waals surface area contributed by atoms with Gasteiger partial charge in [0, 0.05) is 23.3 Å². The highest BCUT2D eigenvalue weighted by Gasteiger charge is 2.18. The number of rotatable bonds is 7. The summed E-state index contributed by atoms with van der Waals surface area (Å²) in [7, 11) is 0. The first-order valence-corrected chi connectivity index (χ1v) is 10.9. The maximum atomic E-state index is 14.4. The van der Waals surface area contributed by atoms with Crippen molar-refractivity contribution in [3.8, 4) is 5.75 Å². The molecule has 0 fully saturated rings. The average molecular weight is 453 g/mol. The van der Waals surface area contributed by atoms with Crippen LogP contribution < -0.4 is 25.0 Å². The van der Waals surface area contributed by atoms with Gasteiger partial charge in [0.15, 0.2) is 11.6 Å². The fourth-order valence-corrected chi connectivity index (χ4v) is 3.71. The number of nitrogens with one attached hydrogen (secondary N) is 3. The largest absolute Gasteiger partial charge is 0.489 e. The lowest BCUT2D eigenvalue weighted by Crippen LogP contribution is -2.26. The number of benzene rings is 2. The summed E-state index contributed by atoms with van der Waals surface area (Å²) in [4.78, 5) is 19.8. The molecule has 1 aliphatic rings. The van der Waals surface area contributed by atoms with Gasteiger partial charge in [-0.3, -0.25) is 4.79 Å². The Morgan fingerprint density at radius 2 is 2.03 bits per heavy atom. The van der Waals surface area contributed by atoms with Crippen molar-refractivity contribution in [2.24, 2.45) is 0 Å². The van der Waals surface area contributed by atoms with Crippen molar-refractivity contribution in [3.05, 3.63) is 67.1 Å². The number of hydrogen-bond donors (Lipinski definition) is 3. The van der Waals surface area contributed by atoms with Crippen LogP contribution in [0, 0.1) is 5.82 Å². The van der Waals surface area contributed by atoms with E-state index in [1.54, 1.807) is 36.2 Å². The first-order valence-electron chi connectivity index (χ1n) is 9.74. The van der Waals surface area contributed by atoms with Crippen molar-refractivity contribution in [2.45, 2.75) is 0 Å². The first-order chi connectivity index (χ1) is 15.6. The Morgan fingerprint density at radius 3 is 2.84 bits per heavy atom. The average Bonchev–Trinajstić information content (AvgIpc) is 2.81. The van der Waals surface area contributed by atoms with Crippen LogP contribution in [0.3, 0.4) is 0 Å². The number of aromatic nitrogens is 2. The molecule has 0 atom stereocenters. The smallest absolute Gasteiger partial charge is 0.247 e. The molecule has 1 aliphatic heterocycles. The van der Waals surface area contributed by atoms with E-state index in [9.17, 15) is 9.18 Å². The fourth-order valence-electron chi connectivity index (χ4n) is 3.11. The molecular formula is C22H21FN6O2S. The molecule has 0 aliphatic carbocycles. The summed E-state index contributed by atoms with van der Waals surface area (Å²) in [5.41, 5.74) is 2.80. The number of hydrogen-bond acceptors (Lipinski definition) is 8. The SMILES string of the molecule is C=CC(=O)Nc1cccc(Nc2nc(Nc3ccc4c(c3)N(SC)CCO4)ncc2F)c1. The third-order valence-electron chi connectivity index (χ3n) is 4.58. The van der Waals surface area contributed by atoms with E-state index in [4.69, 9.17) is 4.74 Å². The molecule has 0 radical (unpaired) electrons. The molecule has 0 bridgehead atoms. The van der Waals surface area contributed by atoms with Gasteiger partial charge in [-0.2, -0.15) is 4.98 Å². The van der Waals surface area contributed by atoms with Crippen LogP contribution in [0.2, 0.25) is 0 Å². The molecule has 8 nitrogen and oxygen atoms in total. The van der Waals surface area contributed by atoms with Crippen molar-refractivity contribution in [3.63, 3.8) is 0 Å². The Balaban J connectivity index is 1.53. The van der Waals surface area contributed by atoms with Gasteiger partial charge in [0.1, 0.15) is 12.4 Å². The summed E-state index contributed by atoms with van der Waals surface area (Å²) in [6.07, 6.45) is 4.28. The normalized spacial score (nSPS) is 12.4. The summed E-state index contributed by atoms with van der Waals surface area (Å²) < 4.78 is 22.2. The number of fused-ring (bicyclic) bond motifs is 1. The summed E-state index contributed by atoms with van der Waals surface area (Å²) in [5.74, 6) is 0.0990. The third kappa shape index (κ3) is 4.92. The van der Waals surface area contributed by atoms with Crippen LogP contribution in [0.15, 0.2) is 61.3 Å². The molecule has 10 heteroatoms. The highest BCUT2D eigenvalue weighted by atomic mass is 32.2. The van der Waals surface area contributed by atoms with Crippen LogP contribution >= 0.6 is 11.9 Å². The third-order valence-corrected chi connectivity index (χ3v) is 5.40. The van der Waals surface area contributed by atoms with Gasteiger partial charge in [0.2, 0.25) is 11.9 Å². The second-order valence-electron chi connectivity index (χ2n) is 6.73. The predicted octanol–water partition coefficient (Wildman–Crippen LogP) is 4.70. The molecule has 0 unspecified atom stereocenters. The zero-order chi connectivity index (χ0) is 22.5. The van der Waals surface area contributed by atoms with E-state index in [0.29, 0.717) is 18.0 Å². The fraction of sp³-hybridized carbons (Fsp3) is 0.136. The molecule has 2 aromatic carbocycles. The van der Waals surface area contributed by atoms with Gasteiger partial charge >= 0.3 is 0 Å². The van der Waals surface area contributed by atoms with Crippen LogP contribution in [-0.2, 0) is 4.79 Å². The molecule has 164 valence electrons. The molecule has 1 aromatic heterocycles. The highest BCUT2D eigenvalue weighted by Crippen LogP contribution is 2.37. The zero-order valence-electron chi connectivity index (χ0n) is 17.3. The van der Waals surface area contributed by atoms with Crippen molar-refractivity contribution in [2.75, 3.05) is 39.7 Å². The van der Waals surface area contributed by atoms with Gasteiger partial charge in [0.25, 0.3) is 0 Å². The van der Waals surface area contributed by atoms with E-state index in [-0.39, 0.29) is 17.7 Å². The van der Waals surface area contributed by atoms with Gasteiger partial charge in [-0.1, -0.05) is 24.6 Å². The minimum Gasteiger partial charge on any atom is -0.489 e. The minimum atomic E-state index is -0.608. The molecule has 0 saturated heterocycles. The molecule has 4 rings (SSSR count). The van der Waals surface area contributed by atoms with Gasteiger partial charge in [-0.15, -0.1) is 0 Å². The number of carbonyl (C=O) groups excluding carboxylic acids is 1. The standard InChI is InChI=1S/C22H21FN6O2S/c1-3-20(30)25-14-5-4-6-15(11-14)26-21-17(23)13-24-22(28-21)27-16-7-8-19-18(12-16)29(32-2)9-10-31-19/h3-8,11-13H,1,9-10H2,2H3,(H,25,30)(H2,24,26,27,28). The number of carbonyl (C=O) groups is 1. The van der Waals surface area contributed by atoms with Gasteiger partial charge in [-0.25, -0.2) is 9.37 Å². The summed E-state index contributed by atoms with van der Waals surface area (Å²) >= 11 is 1.62. The lowest BCUT2D eigenvalue weighted by Gasteiger charge is -2.29. The van der Waals surface area contributed by atoms with Crippen molar-refractivity contribution < 1.29 is 13.9 Å². The molecule has 3 N–H and O–H groups in total. The Hall–Kier alpha value is -3.79. The molecule has 2 heterocycles. The lowest BCUT2D eigenvalue weighted by molar-refractivity contribution is -0.111. The summed E-state index contributed by atoms with van der Waals surface area (Å²) in [5, 5.41) is 8.69. The monoisotopic (exact) mass is 452 g/mol. The Kier molecular flexibility index (Phi) is 6.41. The van der Waals surface area contributed by atoms with Crippen LogP contribution in [-0.4, -0.2) is 35.3 Å². The number of anilines is 6. The zero-order valence-corrected chi connectivity index (χ0v) is 18.1. The lowest BCUT2D eigenvalue weighted by atomic mass is 10.2. The molecule has 1 amide bonds. The maximum absolute atomic E-state index is 14.4. The highest BCUT2D eigenvalue weighted by molar-refractivity contribution is 8.00. The van der Waals surface area contributed by atoms with E-state index >= 15 is 0 Å². The molecular weight excluding hydrogens is 431 g/mol. The Morgan fingerprint density at radius 1 is 1.22 bits per heavy atom. The van der Waals surface area contributed by atoms with E-state index in [0.717, 1.165) is 29.9 Å². The first kappa shape index (κ1) is 21.4. The second kappa shape index (κ2) is 9.56. The van der Waals surface area contributed by atoms with Crippen molar-refractivity contribution in [1.82, 2.24) is 9.97 Å². The molecule has 3 aromatic rings. The van der Waals surface area contributed by atoms with E-state index in [2.05, 4.69) is 36.8 Å². The Labute approximate surface area is 189 Å². The van der Waals surface area contributed by atoms with Crippen LogP contribution in [0.5, 0.6) is 5.75 Å². The number of amides is 1. The van der Waals surface area contributed by atoms with Crippen molar-refractivity contribution in [1.29, 1.82) is 0 Å². The van der Waals surface area contributed by atoms with E-state index in [1.807, 2.05) is 24.5 Å². The quantitative estimate of drug-likeness (QED) is 0.351. The number of nitrogens with zero attached hydrogens (tertiary/aromatic N) is 3. The molecule has 0 saturated carbocycles. The summed E-state index contributed by atoms with van der Waals surface area (Å²) in [6.45, 7) is 4.84. The molecule has 0 spiro atoms. The van der Waals surface area contributed by atoms with Gasteiger partial charge < -0.3 is 25.0 Å². The Bertz CT molecular complexity index is 1160.